The number of aryl methyl sites for hydroxylation is 2. The van der Waals surface area contributed by atoms with Gasteiger partial charge < -0.3 is 5.32 Å². The summed E-state index contributed by atoms with van der Waals surface area (Å²) in [5.74, 6) is -0.648. The largest absolute Gasteiger partial charge is 0.416 e. The number of alkyl halides is 3. The van der Waals surface area contributed by atoms with Gasteiger partial charge in [0.05, 0.1) is 22.2 Å². The summed E-state index contributed by atoms with van der Waals surface area (Å²) in [6, 6.07) is 17.0. The van der Waals surface area contributed by atoms with Gasteiger partial charge in [-0.05, 0) is 61.7 Å². The van der Waals surface area contributed by atoms with Crippen LogP contribution < -0.4 is 9.62 Å². The second kappa shape index (κ2) is 10.5. The highest BCUT2D eigenvalue weighted by Gasteiger charge is 2.33. The SMILES string of the molecule is CCc1ccc([C@H](C)NC(=O)CN(c2cccc(C(F)(F)F)c2)S(=O)(=O)c2ccc(C)cc2)cc1. The monoisotopic (exact) mass is 504 g/mol. The molecular weight excluding hydrogens is 477 g/mol. The quantitative estimate of drug-likeness (QED) is 0.431. The van der Waals surface area contributed by atoms with E-state index in [1.54, 1.807) is 26.0 Å². The predicted octanol–water partition coefficient (Wildman–Crippen LogP) is 5.65. The fraction of sp³-hybridized carbons (Fsp3) is 0.269. The molecule has 1 amide bonds. The van der Waals surface area contributed by atoms with Gasteiger partial charge in [0.25, 0.3) is 10.0 Å². The summed E-state index contributed by atoms with van der Waals surface area (Å²) in [6.45, 7) is 4.87. The van der Waals surface area contributed by atoms with Gasteiger partial charge in [-0.25, -0.2) is 8.42 Å². The van der Waals surface area contributed by atoms with Gasteiger partial charge in [0.15, 0.2) is 0 Å². The lowest BCUT2D eigenvalue weighted by molar-refractivity contribution is -0.137. The van der Waals surface area contributed by atoms with Crippen LogP contribution in [-0.4, -0.2) is 20.9 Å². The number of halogens is 3. The Hall–Kier alpha value is -3.33. The maximum absolute atomic E-state index is 13.4. The molecule has 0 spiro atoms. The minimum Gasteiger partial charge on any atom is -0.348 e. The Bertz CT molecular complexity index is 1270. The van der Waals surface area contributed by atoms with Crippen molar-refractivity contribution in [2.45, 2.75) is 44.3 Å². The fourth-order valence-corrected chi connectivity index (χ4v) is 4.95. The van der Waals surface area contributed by atoms with Crippen molar-refractivity contribution in [1.82, 2.24) is 5.32 Å². The third kappa shape index (κ3) is 6.42. The number of carbonyl (C=O) groups is 1. The molecule has 3 aromatic carbocycles. The fourth-order valence-electron chi connectivity index (χ4n) is 3.53. The highest BCUT2D eigenvalue weighted by atomic mass is 32.2. The molecule has 0 saturated carbocycles. The van der Waals surface area contributed by atoms with Crippen molar-refractivity contribution in [2.24, 2.45) is 0 Å². The molecule has 0 unspecified atom stereocenters. The minimum atomic E-state index is -4.67. The van der Waals surface area contributed by atoms with Crippen molar-refractivity contribution < 1.29 is 26.4 Å². The van der Waals surface area contributed by atoms with Crippen LogP contribution in [0.25, 0.3) is 0 Å². The number of sulfonamides is 1. The Balaban J connectivity index is 1.93. The highest BCUT2D eigenvalue weighted by Crippen LogP contribution is 2.33. The number of rotatable bonds is 8. The van der Waals surface area contributed by atoms with Gasteiger partial charge in [-0.2, -0.15) is 13.2 Å². The van der Waals surface area contributed by atoms with E-state index < -0.39 is 40.3 Å². The molecule has 5 nitrogen and oxygen atoms in total. The molecule has 35 heavy (non-hydrogen) atoms. The average Bonchev–Trinajstić information content (AvgIpc) is 2.82. The molecule has 0 aliphatic rings. The zero-order valence-corrected chi connectivity index (χ0v) is 20.5. The Kier molecular flexibility index (Phi) is 7.90. The molecule has 0 radical (unpaired) electrons. The lowest BCUT2D eigenvalue weighted by Crippen LogP contribution is -2.41. The topological polar surface area (TPSA) is 66.5 Å². The van der Waals surface area contributed by atoms with Gasteiger partial charge in [0, 0.05) is 0 Å². The van der Waals surface area contributed by atoms with Crippen LogP contribution in [0.3, 0.4) is 0 Å². The third-order valence-corrected chi connectivity index (χ3v) is 7.41. The summed E-state index contributed by atoms with van der Waals surface area (Å²) in [5.41, 5.74) is 1.50. The van der Waals surface area contributed by atoms with E-state index >= 15 is 0 Å². The number of hydrogen-bond donors (Lipinski definition) is 1. The maximum atomic E-state index is 13.4. The molecule has 0 fully saturated rings. The molecule has 0 saturated heterocycles. The Morgan fingerprint density at radius 1 is 1.00 bits per heavy atom. The first-order valence-corrected chi connectivity index (χ1v) is 12.5. The predicted molar refractivity (Wildman–Crippen MR) is 130 cm³/mol. The molecule has 3 aromatic rings. The summed E-state index contributed by atoms with van der Waals surface area (Å²) in [5, 5.41) is 2.74. The maximum Gasteiger partial charge on any atom is 0.416 e. The summed E-state index contributed by atoms with van der Waals surface area (Å²) in [4.78, 5) is 12.8. The molecule has 0 heterocycles. The van der Waals surface area contributed by atoms with Crippen LogP contribution in [0.2, 0.25) is 0 Å². The van der Waals surface area contributed by atoms with Crippen molar-refractivity contribution in [3.63, 3.8) is 0 Å². The second-order valence-corrected chi connectivity index (χ2v) is 10.1. The van der Waals surface area contributed by atoms with Crippen LogP contribution in [0.4, 0.5) is 18.9 Å². The Morgan fingerprint density at radius 3 is 2.20 bits per heavy atom. The van der Waals surface area contributed by atoms with Gasteiger partial charge >= 0.3 is 6.18 Å². The van der Waals surface area contributed by atoms with E-state index in [1.807, 2.05) is 31.2 Å². The van der Waals surface area contributed by atoms with Crippen LogP contribution in [0.5, 0.6) is 0 Å². The molecule has 9 heteroatoms. The van der Waals surface area contributed by atoms with E-state index in [-0.39, 0.29) is 10.6 Å². The number of nitrogens with zero attached hydrogens (tertiary/aromatic N) is 1. The van der Waals surface area contributed by atoms with Crippen LogP contribution in [0.1, 0.15) is 42.1 Å². The van der Waals surface area contributed by atoms with E-state index in [2.05, 4.69) is 5.32 Å². The number of hydrogen-bond acceptors (Lipinski definition) is 3. The van der Waals surface area contributed by atoms with Crippen LogP contribution in [-0.2, 0) is 27.4 Å². The van der Waals surface area contributed by atoms with E-state index in [0.29, 0.717) is 4.31 Å². The minimum absolute atomic E-state index is 0.128. The molecule has 0 aromatic heterocycles. The van der Waals surface area contributed by atoms with E-state index in [4.69, 9.17) is 0 Å². The molecule has 1 atom stereocenters. The molecule has 0 aliphatic carbocycles. The number of nitrogens with one attached hydrogen (secondary N) is 1. The lowest BCUT2D eigenvalue weighted by atomic mass is 10.1. The van der Waals surface area contributed by atoms with Gasteiger partial charge in [-0.1, -0.05) is 55.0 Å². The number of amides is 1. The van der Waals surface area contributed by atoms with Crippen LogP contribution in [0.15, 0.2) is 77.7 Å². The highest BCUT2D eigenvalue weighted by molar-refractivity contribution is 7.92. The van der Waals surface area contributed by atoms with Gasteiger partial charge in [0.1, 0.15) is 6.54 Å². The molecule has 0 bridgehead atoms. The smallest absolute Gasteiger partial charge is 0.348 e. The zero-order valence-electron chi connectivity index (χ0n) is 19.6. The average molecular weight is 505 g/mol. The number of benzene rings is 3. The van der Waals surface area contributed by atoms with Crippen molar-refractivity contribution in [3.05, 3.63) is 95.1 Å². The number of anilines is 1. The zero-order chi connectivity index (χ0) is 25.8. The van der Waals surface area contributed by atoms with Crippen molar-refractivity contribution >= 4 is 21.6 Å². The Labute approximate surface area is 203 Å². The molecule has 1 N–H and O–H groups in total. The number of carbonyl (C=O) groups excluding carboxylic acids is 1. The van der Waals surface area contributed by atoms with Gasteiger partial charge in [-0.3, -0.25) is 9.10 Å². The first kappa shape index (κ1) is 26.3. The first-order chi connectivity index (χ1) is 16.4. The lowest BCUT2D eigenvalue weighted by Gasteiger charge is -2.26. The van der Waals surface area contributed by atoms with E-state index in [1.165, 1.54) is 18.2 Å². The molecule has 186 valence electrons. The van der Waals surface area contributed by atoms with Crippen molar-refractivity contribution in [1.29, 1.82) is 0 Å². The molecular formula is C26H27F3N2O3S. The summed E-state index contributed by atoms with van der Waals surface area (Å²) in [6.07, 6.45) is -3.80. The second-order valence-electron chi connectivity index (χ2n) is 8.26. The first-order valence-electron chi connectivity index (χ1n) is 11.1. The van der Waals surface area contributed by atoms with Crippen molar-refractivity contribution in [2.75, 3.05) is 10.8 Å². The molecule has 0 aliphatic heterocycles. The molecule has 3 rings (SSSR count). The van der Waals surface area contributed by atoms with Gasteiger partial charge in [0.2, 0.25) is 5.91 Å². The van der Waals surface area contributed by atoms with E-state index in [0.717, 1.165) is 41.3 Å². The van der Waals surface area contributed by atoms with E-state index in [9.17, 15) is 26.4 Å². The summed E-state index contributed by atoms with van der Waals surface area (Å²) < 4.78 is 67.5. The third-order valence-electron chi connectivity index (χ3n) is 5.62. The summed E-state index contributed by atoms with van der Waals surface area (Å²) in [7, 11) is -4.33. The standard InChI is InChI=1S/C26H27F3N2O3S/c1-4-20-10-12-21(13-11-20)19(3)30-25(32)17-31(23-7-5-6-22(16-23)26(27,28)29)35(33,34)24-14-8-18(2)9-15-24/h5-16,19H,4,17H2,1-3H3,(H,30,32)/t19-/m0/s1. The Morgan fingerprint density at radius 2 is 1.63 bits per heavy atom. The summed E-state index contributed by atoms with van der Waals surface area (Å²) >= 11 is 0. The van der Waals surface area contributed by atoms with Crippen LogP contribution in [0, 0.1) is 6.92 Å². The van der Waals surface area contributed by atoms with Gasteiger partial charge in [-0.15, -0.1) is 0 Å². The normalized spacial score (nSPS) is 12.7. The van der Waals surface area contributed by atoms with Crippen molar-refractivity contribution in [3.8, 4) is 0 Å². The van der Waals surface area contributed by atoms with Crippen LogP contribution >= 0.6 is 0 Å².